The number of aromatic nitrogens is 2. The summed E-state index contributed by atoms with van der Waals surface area (Å²) in [6, 6.07) is 15.8. The monoisotopic (exact) mass is 468 g/mol. The van der Waals surface area contributed by atoms with E-state index in [2.05, 4.69) is 16.8 Å². The summed E-state index contributed by atoms with van der Waals surface area (Å²) in [4.78, 5) is 11.5. The van der Waals surface area contributed by atoms with E-state index in [4.69, 9.17) is 4.98 Å². The number of sulfonamides is 1. The van der Waals surface area contributed by atoms with Gasteiger partial charge in [-0.05, 0) is 36.6 Å². The van der Waals surface area contributed by atoms with Crippen LogP contribution in [-0.2, 0) is 28.6 Å². The Hall–Kier alpha value is -2.84. The van der Waals surface area contributed by atoms with Gasteiger partial charge in [-0.2, -0.15) is 4.31 Å². The van der Waals surface area contributed by atoms with Gasteiger partial charge in [0.15, 0.2) is 0 Å². The Kier molecular flexibility index (Phi) is 7.05. The number of anilines is 1. The molecule has 2 heterocycles. The molecule has 33 heavy (non-hydrogen) atoms. The van der Waals surface area contributed by atoms with Crippen LogP contribution in [0.4, 0.5) is 10.2 Å². The number of aryl methyl sites for hydroxylation is 2. The van der Waals surface area contributed by atoms with Crippen LogP contribution in [0.1, 0.15) is 35.1 Å². The number of hydrogen-bond acceptors (Lipinski definition) is 5. The second-order valence-corrected chi connectivity index (χ2v) is 10.3. The molecule has 6 nitrogen and oxygen atoms in total. The van der Waals surface area contributed by atoms with E-state index in [1.165, 1.54) is 12.1 Å². The van der Waals surface area contributed by atoms with E-state index >= 15 is 0 Å². The van der Waals surface area contributed by atoms with Crippen molar-refractivity contribution >= 4 is 15.8 Å². The first-order valence-corrected chi connectivity index (χ1v) is 12.8. The predicted octanol–water partition coefficient (Wildman–Crippen LogP) is 3.73. The maximum atomic E-state index is 13.8. The van der Waals surface area contributed by atoms with Crippen molar-refractivity contribution in [3.05, 3.63) is 88.6 Å². The van der Waals surface area contributed by atoms with E-state index in [0.29, 0.717) is 38.4 Å². The molecule has 1 aliphatic rings. The highest BCUT2D eigenvalue weighted by atomic mass is 32.2. The second-order valence-electron chi connectivity index (χ2n) is 8.31. The van der Waals surface area contributed by atoms with Crippen molar-refractivity contribution in [2.45, 2.75) is 32.4 Å². The molecule has 3 aromatic rings. The molecular formula is C25H29FN4O2S. The van der Waals surface area contributed by atoms with Crippen LogP contribution in [0.3, 0.4) is 0 Å². The van der Waals surface area contributed by atoms with Crippen molar-refractivity contribution in [2.75, 3.05) is 31.1 Å². The van der Waals surface area contributed by atoms with Crippen molar-refractivity contribution in [3.8, 4) is 0 Å². The highest BCUT2D eigenvalue weighted by Gasteiger charge is 2.29. The topological polar surface area (TPSA) is 66.4 Å². The molecule has 1 fully saturated rings. The fourth-order valence-corrected chi connectivity index (χ4v) is 5.79. The summed E-state index contributed by atoms with van der Waals surface area (Å²) >= 11 is 0. The van der Waals surface area contributed by atoms with Crippen molar-refractivity contribution in [1.29, 1.82) is 0 Å². The van der Waals surface area contributed by atoms with E-state index in [-0.39, 0.29) is 11.6 Å². The van der Waals surface area contributed by atoms with E-state index < -0.39 is 10.0 Å². The molecule has 0 bridgehead atoms. The Balaban J connectivity index is 1.54. The minimum Gasteiger partial charge on any atom is -0.354 e. The molecule has 1 aromatic heterocycles. The second kappa shape index (κ2) is 9.97. The molecule has 4 rings (SSSR count). The van der Waals surface area contributed by atoms with Crippen molar-refractivity contribution in [3.63, 3.8) is 0 Å². The Morgan fingerprint density at radius 2 is 1.64 bits per heavy atom. The smallest absolute Gasteiger partial charge is 0.218 e. The fraction of sp³-hybridized carbons (Fsp3) is 0.360. The number of halogens is 1. The van der Waals surface area contributed by atoms with Crippen LogP contribution in [0.25, 0.3) is 0 Å². The van der Waals surface area contributed by atoms with Gasteiger partial charge in [-0.25, -0.2) is 22.8 Å². The lowest BCUT2D eigenvalue weighted by atomic mass is 10.0. The first-order valence-electron chi connectivity index (χ1n) is 11.2. The van der Waals surface area contributed by atoms with Crippen LogP contribution in [0.5, 0.6) is 0 Å². The third-order valence-electron chi connectivity index (χ3n) is 5.91. The van der Waals surface area contributed by atoms with Crippen LogP contribution in [0, 0.1) is 12.7 Å². The largest absolute Gasteiger partial charge is 0.354 e. The van der Waals surface area contributed by atoms with Gasteiger partial charge >= 0.3 is 0 Å². The summed E-state index contributed by atoms with van der Waals surface area (Å²) in [5, 5.41) is 0. The summed E-state index contributed by atoms with van der Waals surface area (Å²) in [7, 11) is -3.39. The van der Waals surface area contributed by atoms with Gasteiger partial charge < -0.3 is 4.90 Å². The average Bonchev–Trinajstić information content (AvgIpc) is 2.80. The van der Waals surface area contributed by atoms with Gasteiger partial charge in [-0.3, -0.25) is 0 Å². The lowest BCUT2D eigenvalue weighted by Crippen LogP contribution is -2.49. The quantitative estimate of drug-likeness (QED) is 0.529. The first kappa shape index (κ1) is 23.3. The van der Waals surface area contributed by atoms with Crippen molar-refractivity contribution in [2.24, 2.45) is 0 Å². The van der Waals surface area contributed by atoms with Crippen molar-refractivity contribution < 1.29 is 12.8 Å². The van der Waals surface area contributed by atoms with Crippen LogP contribution in [0.2, 0.25) is 0 Å². The molecule has 1 aliphatic heterocycles. The average molecular weight is 469 g/mol. The third-order valence-corrected chi connectivity index (χ3v) is 7.76. The molecule has 0 atom stereocenters. The number of hydrogen-bond donors (Lipinski definition) is 0. The van der Waals surface area contributed by atoms with E-state index in [9.17, 15) is 12.8 Å². The van der Waals surface area contributed by atoms with Gasteiger partial charge in [-0.15, -0.1) is 0 Å². The Morgan fingerprint density at radius 3 is 2.30 bits per heavy atom. The number of benzene rings is 2. The molecule has 0 aliphatic carbocycles. The van der Waals surface area contributed by atoms with Crippen LogP contribution in [-0.4, -0.2) is 48.9 Å². The van der Waals surface area contributed by atoms with E-state index in [1.54, 1.807) is 10.4 Å². The zero-order valence-corrected chi connectivity index (χ0v) is 19.9. The molecule has 1 saturated heterocycles. The number of nitrogens with zero attached hydrogens (tertiary/aromatic N) is 4. The van der Waals surface area contributed by atoms with Gasteiger partial charge in [0.05, 0.1) is 5.75 Å². The fourth-order valence-electron chi connectivity index (χ4n) is 4.28. The summed E-state index contributed by atoms with van der Waals surface area (Å²) in [6.45, 7) is 5.82. The molecule has 8 heteroatoms. The summed E-state index contributed by atoms with van der Waals surface area (Å²) < 4.78 is 41.2. The zero-order valence-electron chi connectivity index (χ0n) is 19.0. The molecule has 2 aromatic carbocycles. The summed E-state index contributed by atoms with van der Waals surface area (Å²) in [5.41, 5.74) is 3.58. The van der Waals surface area contributed by atoms with Gasteiger partial charge in [0.25, 0.3) is 0 Å². The van der Waals surface area contributed by atoms with Crippen LogP contribution < -0.4 is 4.90 Å². The maximum absolute atomic E-state index is 13.8. The SMILES string of the molecule is CCc1nc(C)nc(N2CCN(S(=O)(=O)Cc3ccccc3)CC2)c1Cc1cccc(F)c1. The highest BCUT2D eigenvalue weighted by Crippen LogP contribution is 2.27. The van der Waals surface area contributed by atoms with Crippen LogP contribution in [0.15, 0.2) is 54.6 Å². The van der Waals surface area contributed by atoms with Gasteiger partial charge in [0, 0.05) is 43.9 Å². The normalized spacial score (nSPS) is 15.1. The molecular weight excluding hydrogens is 439 g/mol. The summed E-state index contributed by atoms with van der Waals surface area (Å²) in [6.07, 6.45) is 1.27. The standard InChI is InChI=1S/C25H29FN4O2S/c1-3-24-23(17-21-10-7-11-22(26)16-21)25(28-19(2)27-24)29-12-14-30(15-13-29)33(31,32)18-20-8-5-4-6-9-20/h4-11,16H,3,12-15,17-18H2,1-2H3. The van der Waals surface area contributed by atoms with Gasteiger partial charge in [0.2, 0.25) is 10.0 Å². The molecule has 174 valence electrons. The van der Waals surface area contributed by atoms with E-state index in [0.717, 1.165) is 34.6 Å². The number of piperazine rings is 1. The molecule has 0 radical (unpaired) electrons. The Bertz CT molecular complexity index is 1210. The van der Waals surface area contributed by atoms with Gasteiger partial charge in [-0.1, -0.05) is 49.4 Å². The zero-order chi connectivity index (χ0) is 23.4. The Labute approximate surface area is 195 Å². The molecule has 0 N–H and O–H groups in total. The molecule has 0 saturated carbocycles. The predicted molar refractivity (Wildman–Crippen MR) is 128 cm³/mol. The molecule has 0 unspecified atom stereocenters. The maximum Gasteiger partial charge on any atom is 0.218 e. The minimum atomic E-state index is -3.39. The lowest BCUT2D eigenvalue weighted by Gasteiger charge is -2.36. The molecule has 0 amide bonds. The third kappa shape index (κ3) is 5.57. The molecule has 0 spiro atoms. The summed E-state index contributed by atoms with van der Waals surface area (Å²) in [5.74, 6) is 1.25. The van der Waals surface area contributed by atoms with Crippen molar-refractivity contribution in [1.82, 2.24) is 14.3 Å². The lowest BCUT2D eigenvalue weighted by molar-refractivity contribution is 0.383. The van der Waals surface area contributed by atoms with Gasteiger partial charge in [0.1, 0.15) is 17.5 Å². The Morgan fingerprint density at radius 1 is 0.939 bits per heavy atom. The van der Waals surface area contributed by atoms with Crippen LogP contribution >= 0.6 is 0 Å². The first-order chi connectivity index (χ1) is 15.9. The number of rotatable bonds is 7. The highest BCUT2D eigenvalue weighted by molar-refractivity contribution is 7.88. The van der Waals surface area contributed by atoms with E-state index in [1.807, 2.05) is 43.3 Å². The minimum absolute atomic E-state index is 0.00522.